The van der Waals surface area contributed by atoms with Gasteiger partial charge in [-0.25, -0.2) is 0 Å². The number of aliphatic imine (C=N–C) groups is 1. The van der Waals surface area contributed by atoms with Crippen molar-refractivity contribution in [2.45, 2.75) is 33.1 Å². The van der Waals surface area contributed by atoms with Gasteiger partial charge in [0.25, 0.3) is 0 Å². The van der Waals surface area contributed by atoms with Crippen molar-refractivity contribution in [3.05, 3.63) is 11.7 Å². The maximum absolute atomic E-state index is 11.8. The lowest BCUT2D eigenvalue weighted by molar-refractivity contribution is -0.149. The van der Waals surface area contributed by atoms with Gasteiger partial charge in [-0.2, -0.15) is 4.98 Å². The molecule has 0 amide bonds. The predicted octanol–water partition coefficient (Wildman–Crippen LogP) is 0.771. The van der Waals surface area contributed by atoms with E-state index < -0.39 is 0 Å². The molecular formula is C15H25N5O3. The molecule has 0 spiro atoms. The van der Waals surface area contributed by atoms with Gasteiger partial charge in [0.2, 0.25) is 5.89 Å². The third-order valence-electron chi connectivity index (χ3n) is 3.82. The number of nitrogens with one attached hydrogen (secondary N) is 1. The van der Waals surface area contributed by atoms with Crippen molar-refractivity contribution in [3.63, 3.8) is 0 Å². The van der Waals surface area contributed by atoms with E-state index in [1.54, 1.807) is 14.0 Å². The number of carbonyl (C=O) groups is 1. The minimum absolute atomic E-state index is 0.00525. The molecule has 0 unspecified atom stereocenters. The molecule has 1 aliphatic heterocycles. The molecule has 2 rings (SSSR count). The van der Waals surface area contributed by atoms with Crippen LogP contribution in [0.4, 0.5) is 0 Å². The summed E-state index contributed by atoms with van der Waals surface area (Å²) in [6, 6.07) is 0. The Labute approximate surface area is 136 Å². The Morgan fingerprint density at radius 3 is 2.78 bits per heavy atom. The first-order valence-electron chi connectivity index (χ1n) is 8.05. The summed E-state index contributed by atoms with van der Waals surface area (Å²) in [5.74, 6) is 2.02. The molecule has 0 radical (unpaired) electrons. The van der Waals surface area contributed by atoms with E-state index >= 15 is 0 Å². The Bertz CT molecular complexity index is 535. The first-order valence-corrected chi connectivity index (χ1v) is 8.05. The highest BCUT2D eigenvalue weighted by molar-refractivity contribution is 5.80. The van der Waals surface area contributed by atoms with E-state index in [9.17, 15) is 4.79 Å². The van der Waals surface area contributed by atoms with Gasteiger partial charge in [-0.3, -0.25) is 9.79 Å². The molecule has 1 N–H and O–H groups in total. The number of carbonyl (C=O) groups excluding carboxylic acids is 1. The van der Waals surface area contributed by atoms with Gasteiger partial charge in [0.1, 0.15) is 0 Å². The maximum atomic E-state index is 11.8. The summed E-state index contributed by atoms with van der Waals surface area (Å²) in [4.78, 5) is 22.4. The fraction of sp³-hybridized carbons (Fsp3) is 0.733. The summed E-state index contributed by atoms with van der Waals surface area (Å²) in [7, 11) is 1.76. The van der Waals surface area contributed by atoms with Crippen molar-refractivity contribution in [2.75, 3.05) is 33.3 Å². The SMILES string of the molecule is CCOC(=O)C1CCN(C(=NC)NCCc2nc(C)no2)CC1. The lowest BCUT2D eigenvalue weighted by Gasteiger charge is -2.33. The van der Waals surface area contributed by atoms with Crippen LogP contribution in [0.2, 0.25) is 0 Å². The molecule has 1 saturated heterocycles. The molecule has 1 fully saturated rings. The number of guanidine groups is 1. The lowest BCUT2D eigenvalue weighted by Crippen LogP contribution is -2.47. The number of rotatable bonds is 5. The number of nitrogens with zero attached hydrogens (tertiary/aromatic N) is 4. The summed E-state index contributed by atoms with van der Waals surface area (Å²) in [5.41, 5.74) is 0. The van der Waals surface area contributed by atoms with Gasteiger partial charge in [0.05, 0.1) is 12.5 Å². The third kappa shape index (κ3) is 4.94. The molecule has 8 heteroatoms. The van der Waals surface area contributed by atoms with Gasteiger partial charge < -0.3 is 19.5 Å². The van der Waals surface area contributed by atoms with Crippen molar-refractivity contribution in [2.24, 2.45) is 10.9 Å². The van der Waals surface area contributed by atoms with Crippen molar-refractivity contribution in [1.82, 2.24) is 20.4 Å². The molecule has 8 nitrogen and oxygen atoms in total. The van der Waals surface area contributed by atoms with Crippen LogP contribution < -0.4 is 5.32 Å². The second-order valence-electron chi connectivity index (χ2n) is 5.47. The van der Waals surface area contributed by atoms with Crippen molar-refractivity contribution in [3.8, 4) is 0 Å². The second-order valence-corrected chi connectivity index (χ2v) is 5.47. The number of ether oxygens (including phenoxy) is 1. The Morgan fingerprint density at radius 1 is 1.48 bits per heavy atom. The van der Waals surface area contributed by atoms with Crippen LogP contribution in [-0.4, -0.2) is 60.3 Å². The van der Waals surface area contributed by atoms with E-state index in [0.717, 1.165) is 31.9 Å². The highest BCUT2D eigenvalue weighted by atomic mass is 16.5. The summed E-state index contributed by atoms with van der Waals surface area (Å²) in [6.07, 6.45) is 2.24. The minimum Gasteiger partial charge on any atom is -0.466 e. The van der Waals surface area contributed by atoms with Crippen LogP contribution in [0.3, 0.4) is 0 Å². The van der Waals surface area contributed by atoms with Crippen molar-refractivity contribution < 1.29 is 14.1 Å². The van der Waals surface area contributed by atoms with E-state index in [1.165, 1.54) is 0 Å². The van der Waals surface area contributed by atoms with Crippen LogP contribution in [0.5, 0.6) is 0 Å². The Kier molecular flexibility index (Phi) is 6.37. The number of aromatic nitrogens is 2. The zero-order chi connectivity index (χ0) is 16.7. The molecule has 1 aliphatic rings. The molecule has 128 valence electrons. The average Bonchev–Trinajstić information content (AvgIpc) is 2.97. The highest BCUT2D eigenvalue weighted by Crippen LogP contribution is 2.18. The first-order chi connectivity index (χ1) is 11.1. The molecular weight excluding hydrogens is 298 g/mol. The fourth-order valence-electron chi connectivity index (χ4n) is 2.64. The zero-order valence-electron chi connectivity index (χ0n) is 14.0. The van der Waals surface area contributed by atoms with Crippen LogP contribution >= 0.6 is 0 Å². The Hall–Kier alpha value is -2.12. The number of piperidine rings is 1. The number of aryl methyl sites for hydroxylation is 1. The minimum atomic E-state index is -0.0816. The number of esters is 1. The molecule has 23 heavy (non-hydrogen) atoms. The van der Waals surface area contributed by atoms with Crippen LogP contribution in [-0.2, 0) is 16.0 Å². The van der Waals surface area contributed by atoms with Gasteiger partial charge >= 0.3 is 5.97 Å². The molecule has 0 aliphatic carbocycles. The topological polar surface area (TPSA) is 92.8 Å². The van der Waals surface area contributed by atoms with Gasteiger partial charge in [-0.1, -0.05) is 5.16 Å². The fourth-order valence-corrected chi connectivity index (χ4v) is 2.64. The van der Waals surface area contributed by atoms with Crippen LogP contribution in [0.15, 0.2) is 9.52 Å². The Balaban J connectivity index is 1.75. The summed E-state index contributed by atoms with van der Waals surface area (Å²) < 4.78 is 10.2. The molecule has 1 aromatic rings. The van der Waals surface area contributed by atoms with Gasteiger partial charge in [0.15, 0.2) is 11.8 Å². The van der Waals surface area contributed by atoms with E-state index in [1.807, 2.05) is 6.92 Å². The smallest absolute Gasteiger partial charge is 0.309 e. The van der Waals surface area contributed by atoms with Crippen LogP contribution in [0, 0.1) is 12.8 Å². The quantitative estimate of drug-likeness (QED) is 0.486. The molecule has 0 aromatic carbocycles. The number of likely N-dealkylation sites (tertiary alicyclic amines) is 1. The van der Waals surface area contributed by atoms with Gasteiger partial charge in [0, 0.05) is 33.1 Å². The summed E-state index contributed by atoms with van der Waals surface area (Å²) >= 11 is 0. The zero-order valence-corrected chi connectivity index (χ0v) is 14.0. The predicted molar refractivity (Wildman–Crippen MR) is 85.0 cm³/mol. The summed E-state index contributed by atoms with van der Waals surface area (Å²) in [6.45, 7) is 6.34. The van der Waals surface area contributed by atoms with Crippen LogP contribution in [0.1, 0.15) is 31.5 Å². The monoisotopic (exact) mass is 323 g/mol. The molecule has 0 saturated carbocycles. The van der Waals surface area contributed by atoms with E-state index in [0.29, 0.717) is 31.3 Å². The average molecular weight is 323 g/mol. The molecule has 0 atom stereocenters. The summed E-state index contributed by atoms with van der Waals surface area (Å²) in [5, 5.41) is 7.06. The molecule has 0 bridgehead atoms. The highest BCUT2D eigenvalue weighted by Gasteiger charge is 2.27. The molecule has 2 heterocycles. The van der Waals surface area contributed by atoms with Gasteiger partial charge in [-0.15, -0.1) is 0 Å². The first kappa shape index (κ1) is 17.2. The third-order valence-corrected chi connectivity index (χ3v) is 3.82. The lowest BCUT2D eigenvalue weighted by atomic mass is 9.97. The number of hydrogen-bond donors (Lipinski definition) is 1. The number of hydrogen-bond acceptors (Lipinski definition) is 6. The van der Waals surface area contributed by atoms with Crippen LogP contribution in [0.25, 0.3) is 0 Å². The van der Waals surface area contributed by atoms with E-state index in [4.69, 9.17) is 9.26 Å². The molecule has 1 aromatic heterocycles. The van der Waals surface area contributed by atoms with Crippen molar-refractivity contribution >= 4 is 11.9 Å². The largest absolute Gasteiger partial charge is 0.466 e. The van der Waals surface area contributed by atoms with E-state index in [2.05, 4.69) is 25.3 Å². The normalized spacial score (nSPS) is 16.5. The van der Waals surface area contributed by atoms with Crippen molar-refractivity contribution in [1.29, 1.82) is 0 Å². The standard InChI is InChI=1S/C15H25N5O3/c1-4-22-14(21)12-6-9-20(10-7-12)15(16-3)17-8-5-13-18-11(2)19-23-13/h12H,4-10H2,1-3H3,(H,16,17). The second kappa shape index (κ2) is 8.50. The van der Waals surface area contributed by atoms with E-state index in [-0.39, 0.29) is 11.9 Å². The Morgan fingerprint density at radius 2 is 2.22 bits per heavy atom. The van der Waals surface area contributed by atoms with Gasteiger partial charge in [-0.05, 0) is 26.7 Å². The maximum Gasteiger partial charge on any atom is 0.309 e.